The van der Waals surface area contributed by atoms with Gasteiger partial charge < -0.3 is 4.42 Å². The molecule has 0 N–H and O–H groups in total. The summed E-state index contributed by atoms with van der Waals surface area (Å²) in [5.74, 6) is 1.87. The van der Waals surface area contributed by atoms with Crippen molar-refractivity contribution in [1.82, 2.24) is 4.98 Å². The Bertz CT molecular complexity index is 1050. The van der Waals surface area contributed by atoms with Gasteiger partial charge in [0.15, 0.2) is 0 Å². The first-order valence-electron chi connectivity index (χ1n) is 9.61. The van der Waals surface area contributed by atoms with Gasteiger partial charge in [0.2, 0.25) is 0 Å². The lowest BCUT2D eigenvalue weighted by molar-refractivity contribution is 0.631. The molecule has 2 nitrogen and oxygen atoms in total. The molecule has 0 spiro atoms. The molecule has 4 aromatic rings. The van der Waals surface area contributed by atoms with E-state index in [2.05, 4.69) is 69.1 Å². The molecule has 4 rings (SSSR count). The van der Waals surface area contributed by atoms with E-state index in [4.69, 9.17) is 4.42 Å². The molecular formula is C25H25NO. The molecule has 0 unspecified atom stereocenters. The van der Waals surface area contributed by atoms with E-state index in [0.717, 1.165) is 33.6 Å². The van der Waals surface area contributed by atoms with E-state index < -0.39 is 0 Å². The number of pyridine rings is 1. The first kappa shape index (κ1) is 17.5. The van der Waals surface area contributed by atoms with Crippen LogP contribution < -0.4 is 0 Å². The maximum Gasteiger partial charge on any atom is 0.138 e. The van der Waals surface area contributed by atoms with Gasteiger partial charge >= 0.3 is 0 Å². The molecule has 0 saturated carbocycles. The third-order valence-corrected chi connectivity index (χ3v) is 5.07. The highest BCUT2D eigenvalue weighted by atomic mass is 16.3. The minimum atomic E-state index is 0.484. The minimum Gasteiger partial charge on any atom is -0.456 e. The van der Waals surface area contributed by atoms with Crippen LogP contribution >= 0.6 is 0 Å². The Morgan fingerprint density at radius 1 is 0.741 bits per heavy atom. The van der Waals surface area contributed by atoms with E-state index in [-0.39, 0.29) is 0 Å². The van der Waals surface area contributed by atoms with Gasteiger partial charge in [-0.15, -0.1) is 0 Å². The van der Waals surface area contributed by atoms with E-state index in [9.17, 15) is 0 Å². The van der Waals surface area contributed by atoms with Gasteiger partial charge in [-0.2, -0.15) is 0 Å². The summed E-state index contributed by atoms with van der Waals surface area (Å²) < 4.78 is 6.25. The summed E-state index contributed by atoms with van der Waals surface area (Å²) >= 11 is 0. The van der Waals surface area contributed by atoms with E-state index >= 15 is 0 Å². The van der Waals surface area contributed by atoms with Crippen LogP contribution in [-0.4, -0.2) is 4.98 Å². The van der Waals surface area contributed by atoms with Gasteiger partial charge in [-0.05, 0) is 41.2 Å². The summed E-state index contributed by atoms with van der Waals surface area (Å²) in [5.41, 5.74) is 6.74. The lowest BCUT2D eigenvalue weighted by Crippen LogP contribution is -1.94. The molecular weight excluding hydrogens is 330 g/mol. The highest BCUT2D eigenvalue weighted by Crippen LogP contribution is 2.33. The van der Waals surface area contributed by atoms with Crippen molar-refractivity contribution < 1.29 is 4.42 Å². The van der Waals surface area contributed by atoms with Crippen LogP contribution in [0.15, 0.2) is 71.3 Å². The molecule has 0 amide bonds. The summed E-state index contributed by atoms with van der Waals surface area (Å²) in [6.45, 7) is 8.94. The molecule has 2 heterocycles. The number of nitrogens with zero attached hydrogens (tertiary/aromatic N) is 1. The van der Waals surface area contributed by atoms with E-state index in [1.807, 2.05) is 30.5 Å². The molecule has 0 aliphatic carbocycles. The van der Waals surface area contributed by atoms with Crippen molar-refractivity contribution in [3.8, 4) is 22.6 Å². The van der Waals surface area contributed by atoms with Gasteiger partial charge in [0.05, 0.1) is 5.69 Å². The topological polar surface area (TPSA) is 26.0 Å². The molecule has 0 radical (unpaired) electrons. The zero-order chi connectivity index (χ0) is 19.0. The number of hydrogen-bond acceptors (Lipinski definition) is 2. The molecule has 2 heteroatoms. The zero-order valence-corrected chi connectivity index (χ0v) is 16.4. The van der Waals surface area contributed by atoms with Crippen LogP contribution in [0.2, 0.25) is 0 Å². The van der Waals surface area contributed by atoms with Crippen LogP contribution in [0.3, 0.4) is 0 Å². The van der Waals surface area contributed by atoms with Crippen molar-refractivity contribution in [1.29, 1.82) is 0 Å². The highest BCUT2D eigenvalue weighted by molar-refractivity contribution is 5.85. The Balaban J connectivity index is 1.80. The summed E-state index contributed by atoms with van der Waals surface area (Å²) in [5, 5.41) is 1.03. The number of hydrogen-bond donors (Lipinski definition) is 0. The number of aromatic nitrogens is 1. The fourth-order valence-corrected chi connectivity index (χ4v) is 3.33. The van der Waals surface area contributed by atoms with Gasteiger partial charge in [0, 0.05) is 28.8 Å². The fourth-order valence-electron chi connectivity index (χ4n) is 3.33. The van der Waals surface area contributed by atoms with Crippen LogP contribution in [0, 0.1) is 0 Å². The molecule has 27 heavy (non-hydrogen) atoms. The summed E-state index contributed by atoms with van der Waals surface area (Å²) in [4.78, 5) is 4.62. The quantitative estimate of drug-likeness (QED) is 0.381. The van der Waals surface area contributed by atoms with Crippen molar-refractivity contribution in [2.24, 2.45) is 0 Å². The standard InChI is InChI=1S/C25H25NO/c1-16(2)19-10-20(17(3)4)12-21(11-19)24-13-22-15-26-23(14-25(22)27-24)18-8-6-5-7-9-18/h5-17H,1-4H3. The van der Waals surface area contributed by atoms with Crippen LogP contribution in [0.1, 0.15) is 50.7 Å². The second-order valence-corrected chi connectivity index (χ2v) is 7.78. The Kier molecular flexibility index (Phi) is 4.57. The van der Waals surface area contributed by atoms with Gasteiger partial charge in [0.25, 0.3) is 0 Å². The molecule has 0 fully saturated rings. The van der Waals surface area contributed by atoms with Crippen molar-refractivity contribution >= 4 is 11.0 Å². The maximum absolute atomic E-state index is 6.25. The largest absolute Gasteiger partial charge is 0.456 e. The average molecular weight is 355 g/mol. The highest BCUT2D eigenvalue weighted by Gasteiger charge is 2.13. The van der Waals surface area contributed by atoms with E-state index in [0.29, 0.717) is 11.8 Å². The average Bonchev–Trinajstić information content (AvgIpc) is 3.11. The lowest BCUT2D eigenvalue weighted by Gasteiger charge is -2.13. The summed E-state index contributed by atoms with van der Waals surface area (Å²) in [7, 11) is 0. The molecule has 0 aliphatic rings. The zero-order valence-electron chi connectivity index (χ0n) is 16.4. The van der Waals surface area contributed by atoms with Crippen LogP contribution in [-0.2, 0) is 0 Å². The normalized spacial score (nSPS) is 11.6. The van der Waals surface area contributed by atoms with E-state index in [1.165, 1.54) is 11.1 Å². The SMILES string of the molecule is CC(C)c1cc(-c2cc3cnc(-c4ccccc4)cc3o2)cc(C(C)C)c1. The summed E-state index contributed by atoms with van der Waals surface area (Å²) in [6.07, 6.45) is 1.90. The Morgan fingerprint density at radius 2 is 1.41 bits per heavy atom. The first-order chi connectivity index (χ1) is 13.0. The van der Waals surface area contributed by atoms with Gasteiger partial charge in [-0.1, -0.05) is 64.1 Å². The molecule has 0 aliphatic heterocycles. The van der Waals surface area contributed by atoms with Gasteiger partial charge in [-0.25, -0.2) is 0 Å². The smallest absolute Gasteiger partial charge is 0.138 e. The molecule has 0 bridgehead atoms. The second kappa shape index (κ2) is 7.03. The predicted octanol–water partition coefficient (Wildman–Crippen LogP) is 7.41. The predicted molar refractivity (Wildman–Crippen MR) is 113 cm³/mol. The van der Waals surface area contributed by atoms with Crippen molar-refractivity contribution in [3.63, 3.8) is 0 Å². The maximum atomic E-state index is 6.25. The number of furan rings is 1. The van der Waals surface area contributed by atoms with Crippen molar-refractivity contribution in [2.45, 2.75) is 39.5 Å². The minimum absolute atomic E-state index is 0.484. The van der Waals surface area contributed by atoms with Crippen LogP contribution in [0.5, 0.6) is 0 Å². The number of fused-ring (bicyclic) bond motifs is 1. The van der Waals surface area contributed by atoms with Crippen molar-refractivity contribution in [3.05, 3.63) is 78.0 Å². The molecule has 2 aromatic heterocycles. The molecule has 2 aromatic carbocycles. The van der Waals surface area contributed by atoms with E-state index in [1.54, 1.807) is 0 Å². The lowest BCUT2D eigenvalue weighted by atomic mass is 9.92. The second-order valence-electron chi connectivity index (χ2n) is 7.78. The van der Waals surface area contributed by atoms with Crippen LogP contribution in [0.4, 0.5) is 0 Å². The molecule has 136 valence electrons. The van der Waals surface area contributed by atoms with Crippen LogP contribution in [0.25, 0.3) is 33.6 Å². The van der Waals surface area contributed by atoms with Gasteiger partial charge in [-0.3, -0.25) is 4.98 Å². The van der Waals surface area contributed by atoms with Crippen molar-refractivity contribution in [2.75, 3.05) is 0 Å². The monoisotopic (exact) mass is 355 g/mol. The number of benzene rings is 2. The fraction of sp³-hybridized carbons (Fsp3) is 0.240. The Labute approximate surface area is 160 Å². The molecule has 0 atom stereocenters. The number of rotatable bonds is 4. The van der Waals surface area contributed by atoms with Gasteiger partial charge in [0.1, 0.15) is 11.3 Å². The molecule has 0 saturated heterocycles. The first-order valence-corrected chi connectivity index (χ1v) is 9.61. The third-order valence-electron chi connectivity index (χ3n) is 5.07. The summed E-state index contributed by atoms with van der Waals surface area (Å²) in [6, 6.07) is 21.2. The Hall–Kier alpha value is -2.87. The third kappa shape index (κ3) is 3.52. The Morgan fingerprint density at radius 3 is 2.04 bits per heavy atom.